The lowest BCUT2D eigenvalue weighted by atomic mass is 10.3. The molecule has 11 heavy (non-hydrogen) atoms. The first-order valence-corrected chi connectivity index (χ1v) is 5.08. The van der Waals surface area contributed by atoms with Crippen LogP contribution in [0.2, 0.25) is 0 Å². The van der Waals surface area contributed by atoms with E-state index < -0.39 is 15.3 Å². The second-order valence-corrected chi connectivity index (χ2v) is 5.02. The minimum atomic E-state index is -3.13. The Hall–Kier alpha value is -0.130. The molecule has 4 nitrogen and oxygen atoms in total. The molecule has 0 aliphatic carbocycles. The largest absolute Gasteiger partial charge is 0.329 e. The second-order valence-electron chi connectivity index (χ2n) is 2.59. The van der Waals surface area contributed by atoms with Crippen LogP contribution >= 0.6 is 0 Å². The van der Waals surface area contributed by atoms with Crippen LogP contribution in [0.25, 0.3) is 0 Å². The van der Waals surface area contributed by atoms with Gasteiger partial charge in [0.2, 0.25) is 10.0 Å². The van der Waals surface area contributed by atoms with Crippen LogP contribution in [0, 0.1) is 0 Å². The quantitative estimate of drug-likeness (QED) is 0.641. The lowest BCUT2D eigenvalue weighted by molar-refractivity contribution is 0.502. The Morgan fingerprint density at radius 3 is 2.00 bits per heavy atom. The molecule has 0 aromatic carbocycles. The van der Waals surface area contributed by atoms with Crippen molar-refractivity contribution < 1.29 is 8.42 Å². The monoisotopic (exact) mass is 180 g/mol. The first-order valence-electron chi connectivity index (χ1n) is 3.58. The van der Waals surface area contributed by atoms with Crippen molar-refractivity contribution >= 4 is 10.0 Å². The van der Waals surface area contributed by atoms with Crippen molar-refractivity contribution in [2.75, 3.05) is 20.6 Å². The van der Waals surface area contributed by atoms with Gasteiger partial charge in [-0.15, -0.1) is 0 Å². The van der Waals surface area contributed by atoms with Crippen molar-refractivity contribution in [3.05, 3.63) is 0 Å². The van der Waals surface area contributed by atoms with E-state index in [9.17, 15) is 8.42 Å². The summed E-state index contributed by atoms with van der Waals surface area (Å²) in [6.45, 7) is 2.01. The average molecular weight is 180 g/mol. The zero-order valence-corrected chi connectivity index (χ0v) is 8.06. The molecule has 0 aliphatic rings. The molecule has 0 aliphatic heterocycles. The van der Waals surface area contributed by atoms with Gasteiger partial charge in [-0.25, -0.2) is 12.7 Å². The van der Waals surface area contributed by atoms with Crippen molar-refractivity contribution in [3.8, 4) is 0 Å². The lowest BCUT2D eigenvalue weighted by Crippen LogP contribution is -2.37. The van der Waals surface area contributed by atoms with E-state index in [0.717, 1.165) is 0 Å². The fourth-order valence-electron chi connectivity index (χ4n) is 0.797. The predicted octanol–water partition coefficient (Wildman–Crippen LogP) is -0.385. The summed E-state index contributed by atoms with van der Waals surface area (Å²) in [4.78, 5) is 0. The topological polar surface area (TPSA) is 63.4 Å². The summed E-state index contributed by atoms with van der Waals surface area (Å²) >= 11 is 0. The normalized spacial score (nSPS) is 15.4. The van der Waals surface area contributed by atoms with Gasteiger partial charge in [-0.2, -0.15) is 0 Å². The van der Waals surface area contributed by atoms with Gasteiger partial charge in [0.05, 0.1) is 5.25 Å². The molecule has 0 aromatic rings. The highest BCUT2D eigenvalue weighted by Crippen LogP contribution is 2.06. The van der Waals surface area contributed by atoms with Crippen LogP contribution in [0.5, 0.6) is 0 Å². The van der Waals surface area contributed by atoms with Gasteiger partial charge >= 0.3 is 0 Å². The van der Waals surface area contributed by atoms with Gasteiger partial charge in [0, 0.05) is 20.6 Å². The minimum Gasteiger partial charge on any atom is -0.329 e. The lowest BCUT2D eigenvalue weighted by Gasteiger charge is -2.18. The number of hydrogen-bond acceptors (Lipinski definition) is 3. The smallest absolute Gasteiger partial charge is 0.217 e. The molecular formula is C6H16N2O2S. The molecule has 0 fully saturated rings. The van der Waals surface area contributed by atoms with Gasteiger partial charge in [0.1, 0.15) is 0 Å². The maximum atomic E-state index is 11.3. The van der Waals surface area contributed by atoms with E-state index in [1.54, 1.807) is 0 Å². The Balaban J connectivity index is 4.53. The van der Waals surface area contributed by atoms with Crippen molar-refractivity contribution in [1.82, 2.24) is 4.31 Å². The van der Waals surface area contributed by atoms with Crippen LogP contribution in [0.1, 0.15) is 13.3 Å². The Morgan fingerprint density at radius 1 is 1.45 bits per heavy atom. The third kappa shape index (κ3) is 2.43. The summed E-state index contributed by atoms with van der Waals surface area (Å²) in [6.07, 6.45) is 0.566. The van der Waals surface area contributed by atoms with Crippen LogP contribution < -0.4 is 5.73 Å². The summed E-state index contributed by atoms with van der Waals surface area (Å²) in [6, 6.07) is 0. The predicted molar refractivity (Wildman–Crippen MR) is 45.7 cm³/mol. The van der Waals surface area contributed by atoms with Gasteiger partial charge in [-0.05, 0) is 6.42 Å². The third-order valence-corrected chi connectivity index (χ3v) is 4.03. The molecule has 1 unspecified atom stereocenters. The van der Waals surface area contributed by atoms with Gasteiger partial charge in [0.15, 0.2) is 0 Å². The molecule has 0 radical (unpaired) electrons. The molecular weight excluding hydrogens is 164 g/mol. The second kappa shape index (κ2) is 4.04. The fraction of sp³-hybridized carbons (Fsp3) is 1.00. The summed E-state index contributed by atoms with van der Waals surface area (Å²) in [7, 11) is -0.0878. The zero-order valence-electron chi connectivity index (χ0n) is 7.24. The third-order valence-electron chi connectivity index (χ3n) is 1.65. The molecule has 5 heteroatoms. The molecule has 0 rings (SSSR count). The molecule has 0 bridgehead atoms. The number of hydrogen-bond donors (Lipinski definition) is 1. The van der Waals surface area contributed by atoms with Crippen LogP contribution in [0.15, 0.2) is 0 Å². The Labute approximate surface area is 68.4 Å². The molecule has 0 saturated carbocycles. The van der Waals surface area contributed by atoms with E-state index in [-0.39, 0.29) is 6.54 Å². The molecule has 1 atom stereocenters. The van der Waals surface area contributed by atoms with Crippen molar-refractivity contribution in [2.24, 2.45) is 5.73 Å². The van der Waals surface area contributed by atoms with E-state index >= 15 is 0 Å². The van der Waals surface area contributed by atoms with Crippen molar-refractivity contribution in [2.45, 2.75) is 18.6 Å². The molecule has 0 spiro atoms. The van der Waals surface area contributed by atoms with E-state index in [1.165, 1.54) is 18.4 Å². The van der Waals surface area contributed by atoms with E-state index in [1.807, 2.05) is 6.92 Å². The summed E-state index contributed by atoms with van der Waals surface area (Å²) < 4.78 is 23.9. The first-order chi connectivity index (χ1) is 4.96. The highest BCUT2D eigenvalue weighted by Gasteiger charge is 2.23. The van der Waals surface area contributed by atoms with E-state index in [0.29, 0.717) is 6.42 Å². The maximum absolute atomic E-state index is 11.3. The number of rotatable bonds is 4. The minimum absolute atomic E-state index is 0.191. The van der Waals surface area contributed by atoms with Crippen molar-refractivity contribution in [1.29, 1.82) is 0 Å². The van der Waals surface area contributed by atoms with E-state index in [2.05, 4.69) is 0 Å². The Kier molecular flexibility index (Phi) is 3.99. The average Bonchev–Trinajstić information content (AvgIpc) is 1.89. The summed E-state index contributed by atoms with van der Waals surface area (Å²) in [5.74, 6) is 0. The number of nitrogens with zero attached hydrogens (tertiary/aromatic N) is 1. The molecule has 0 amide bonds. The molecule has 0 saturated heterocycles. The molecule has 2 N–H and O–H groups in total. The first kappa shape index (κ1) is 10.9. The highest BCUT2D eigenvalue weighted by atomic mass is 32.2. The maximum Gasteiger partial charge on any atom is 0.217 e. The SMILES string of the molecule is CCC(CN)S(=O)(=O)N(C)C. The summed E-state index contributed by atoms with van der Waals surface area (Å²) in [5, 5.41) is -0.433. The van der Waals surface area contributed by atoms with E-state index in [4.69, 9.17) is 5.73 Å². The fourth-order valence-corrected chi connectivity index (χ4v) is 2.06. The number of nitrogens with two attached hydrogens (primary N) is 1. The van der Waals surface area contributed by atoms with Gasteiger partial charge in [0.25, 0.3) is 0 Å². The van der Waals surface area contributed by atoms with Crippen LogP contribution in [0.4, 0.5) is 0 Å². The van der Waals surface area contributed by atoms with Crippen LogP contribution in [-0.4, -0.2) is 38.6 Å². The molecule has 0 aromatic heterocycles. The molecule has 68 valence electrons. The van der Waals surface area contributed by atoms with Gasteiger partial charge in [-0.1, -0.05) is 6.92 Å². The van der Waals surface area contributed by atoms with Crippen LogP contribution in [0.3, 0.4) is 0 Å². The van der Waals surface area contributed by atoms with Crippen molar-refractivity contribution in [3.63, 3.8) is 0 Å². The highest BCUT2D eigenvalue weighted by molar-refractivity contribution is 7.89. The Bertz CT molecular complexity index is 195. The van der Waals surface area contributed by atoms with Crippen LogP contribution in [-0.2, 0) is 10.0 Å². The Morgan fingerprint density at radius 2 is 1.91 bits per heavy atom. The molecule has 0 heterocycles. The van der Waals surface area contributed by atoms with Gasteiger partial charge < -0.3 is 5.73 Å². The van der Waals surface area contributed by atoms with Gasteiger partial charge in [-0.3, -0.25) is 0 Å². The number of sulfonamides is 1. The summed E-state index contributed by atoms with van der Waals surface area (Å²) in [5.41, 5.74) is 5.30. The standard InChI is InChI=1S/C6H16N2O2S/c1-4-6(5-7)11(9,10)8(2)3/h6H,4-5,7H2,1-3H3. The zero-order chi connectivity index (χ0) is 9.07.